The Labute approximate surface area is 102 Å². The van der Waals surface area contributed by atoms with Crippen molar-refractivity contribution < 1.29 is 14.7 Å². The number of rotatable bonds is 4. The number of hydrogen-bond donors (Lipinski definition) is 2. The van der Waals surface area contributed by atoms with Crippen molar-refractivity contribution in [2.24, 2.45) is 0 Å². The number of carboxylic acids is 1. The molecule has 6 nitrogen and oxygen atoms in total. The Hall–Kier alpha value is -1.63. The van der Waals surface area contributed by atoms with E-state index in [9.17, 15) is 9.59 Å². The van der Waals surface area contributed by atoms with Crippen LogP contribution in [0.5, 0.6) is 0 Å². The minimum Gasteiger partial charge on any atom is -0.480 e. The lowest BCUT2D eigenvalue weighted by Gasteiger charge is -2.19. The first kappa shape index (κ1) is 11.8. The maximum Gasteiger partial charge on any atom is 0.323 e. The Bertz CT molecular complexity index is 467. The molecule has 0 unspecified atom stereocenters. The van der Waals surface area contributed by atoms with Crippen LogP contribution < -0.4 is 5.73 Å². The summed E-state index contributed by atoms with van der Waals surface area (Å²) in [5.74, 6) is -1.28. The van der Waals surface area contributed by atoms with E-state index in [2.05, 4.69) is 4.98 Å². The summed E-state index contributed by atoms with van der Waals surface area (Å²) in [5, 5.41) is 9.13. The van der Waals surface area contributed by atoms with Crippen molar-refractivity contribution in [3.8, 4) is 0 Å². The molecular formula is C10H13N3O3S. The van der Waals surface area contributed by atoms with Gasteiger partial charge in [0.25, 0.3) is 5.91 Å². The van der Waals surface area contributed by atoms with Crippen molar-refractivity contribution in [2.75, 3.05) is 12.3 Å². The number of aromatic nitrogens is 1. The summed E-state index contributed by atoms with van der Waals surface area (Å²) in [6.07, 6.45) is 1.73. The van der Waals surface area contributed by atoms with Gasteiger partial charge in [-0.1, -0.05) is 11.3 Å². The number of carbonyl (C=O) groups is 2. The fourth-order valence-corrected chi connectivity index (χ4v) is 2.43. The minimum absolute atomic E-state index is 0.0568. The van der Waals surface area contributed by atoms with Crippen molar-refractivity contribution in [3.05, 3.63) is 10.6 Å². The average molecular weight is 255 g/mol. The summed E-state index contributed by atoms with van der Waals surface area (Å²) in [6, 6.07) is 0.0568. The van der Waals surface area contributed by atoms with E-state index in [1.807, 2.05) is 0 Å². The molecule has 0 atom stereocenters. The third kappa shape index (κ3) is 2.55. The van der Waals surface area contributed by atoms with E-state index < -0.39 is 5.97 Å². The predicted octanol–water partition coefficient (Wildman–Crippen LogP) is 0.723. The largest absolute Gasteiger partial charge is 0.480 e. The van der Waals surface area contributed by atoms with Gasteiger partial charge in [-0.15, -0.1) is 0 Å². The number of carbonyl (C=O) groups excluding carboxylic acids is 1. The zero-order valence-corrected chi connectivity index (χ0v) is 10.2. The van der Waals surface area contributed by atoms with Crippen LogP contribution >= 0.6 is 11.3 Å². The van der Waals surface area contributed by atoms with Crippen molar-refractivity contribution in [1.82, 2.24) is 9.88 Å². The van der Waals surface area contributed by atoms with Crippen LogP contribution in [0.3, 0.4) is 0 Å². The number of nitrogens with two attached hydrogens (primary N) is 1. The third-order valence-corrected chi connectivity index (χ3v) is 3.54. The number of nitrogen functional groups attached to an aromatic ring is 1. The molecule has 1 aromatic heterocycles. The second kappa shape index (κ2) is 4.33. The molecule has 1 aromatic rings. The molecule has 1 saturated carbocycles. The van der Waals surface area contributed by atoms with Crippen LogP contribution in [-0.4, -0.2) is 39.5 Å². The molecule has 7 heteroatoms. The Morgan fingerprint density at radius 3 is 2.65 bits per heavy atom. The second-order valence-corrected chi connectivity index (χ2v) is 5.06. The van der Waals surface area contributed by atoms with Crippen molar-refractivity contribution in [3.63, 3.8) is 0 Å². The van der Waals surface area contributed by atoms with Crippen LogP contribution in [0.2, 0.25) is 0 Å². The molecule has 0 spiro atoms. The van der Waals surface area contributed by atoms with Gasteiger partial charge >= 0.3 is 5.97 Å². The highest BCUT2D eigenvalue weighted by Crippen LogP contribution is 2.30. The molecule has 1 aliphatic carbocycles. The van der Waals surface area contributed by atoms with Crippen LogP contribution in [-0.2, 0) is 4.79 Å². The van der Waals surface area contributed by atoms with Crippen LogP contribution in [0, 0.1) is 6.92 Å². The van der Waals surface area contributed by atoms with Crippen LogP contribution in [0.25, 0.3) is 0 Å². The third-order valence-electron chi connectivity index (χ3n) is 2.56. The number of nitrogens with zero attached hydrogens (tertiary/aromatic N) is 2. The number of aryl methyl sites for hydroxylation is 1. The minimum atomic E-state index is -1.000. The Balaban J connectivity index is 2.21. The zero-order chi connectivity index (χ0) is 12.6. The quantitative estimate of drug-likeness (QED) is 0.826. The van der Waals surface area contributed by atoms with Crippen molar-refractivity contribution >= 4 is 28.3 Å². The van der Waals surface area contributed by atoms with Gasteiger partial charge in [-0.25, -0.2) is 4.98 Å². The monoisotopic (exact) mass is 255 g/mol. The van der Waals surface area contributed by atoms with Crippen molar-refractivity contribution in [1.29, 1.82) is 0 Å². The standard InChI is InChI=1S/C10H13N3O3S/c1-5-8(17-10(11)12-5)9(16)13(4-7(14)15)6-2-3-6/h6H,2-4H2,1H3,(H2,11,12)(H,14,15). The maximum atomic E-state index is 12.2. The molecule has 3 N–H and O–H groups in total. The van der Waals surface area contributed by atoms with Gasteiger partial charge in [0, 0.05) is 6.04 Å². The summed E-state index contributed by atoms with van der Waals surface area (Å²) < 4.78 is 0. The van der Waals surface area contributed by atoms with E-state index in [1.165, 1.54) is 4.90 Å². The fraction of sp³-hybridized carbons (Fsp3) is 0.500. The van der Waals surface area contributed by atoms with E-state index in [1.54, 1.807) is 6.92 Å². The molecule has 17 heavy (non-hydrogen) atoms. The SMILES string of the molecule is Cc1nc(N)sc1C(=O)N(CC(=O)O)C1CC1. The zero-order valence-electron chi connectivity index (χ0n) is 9.34. The van der Waals surface area contributed by atoms with Crippen molar-refractivity contribution in [2.45, 2.75) is 25.8 Å². The fourth-order valence-electron chi connectivity index (χ4n) is 1.64. The molecule has 0 aliphatic heterocycles. The van der Waals surface area contributed by atoms with Gasteiger partial charge in [-0.05, 0) is 19.8 Å². The Morgan fingerprint density at radius 1 is 1.59 bits per heavy atom. The summed E-state index contributed by atoms with van der Waals surface area (Å²) in [7, 11) is 0. The molecular weight excluding hydrogens is 242 g/mol. The highest BCUT2D eigenvalue weighted by Gasteiger charge is 2.35. The van der Waals surface area contributed by atoms with E-state index in [-0.39, 0.29) is 18.5 Å². The first-order valence-electron chi connectivity index (χ1n) is 5.24. The lowest BCUT2D eigenvalue weighted by atomic mass is 10.3. The highest BCUT2D eigenvalue weighted by atomic mass is 32.1. The molecule has 0 radical (unpaired) electrons. The predicted molar refractivity (Wildman–Crippen MR) is 63.0 cm³/mol. The number of aliphatic carboxylic acids is 1. The highest BCUT2D eigenvalue weighted by molar-refractivity contribution is 7.17. The van der Waals surface area contributed by atoms with E-state index in [0.29, 0.717) is 15.7 Å². The van der Waals surface area contributed by atoms with E-state index >= 15 is 0 Å². The Morgan fingerprint density at radius 2 is 2.24 bits per heavy atom. The number of hydrogen-bond acceptors (Lipinski definition) is 5. The maximum absolute atomic E-state index is 12.2. The molecule has 1 aliphatic rings. The molecule has 1 fully saturated rings. The van der Waals surface area contributed by atoms with Gasteiger partial charge in [-0.3, -0.25) is 9.59 Å². The summed E-state index contributed by atoms with van der Waals surface area (Å²) in [5.41, 5.74) is 6.09. The Kier molecular flexibility index (Phi) is 3.01. The molecule has 0 aromatic carbocycles. The van der Waals surface area contributed by atoms with Gasteiger partial charge in [0.2, 0.25) is 0 Å². The molecule has 0 saturated heterocycles. The lowest BCUT2D eigenvalue weighted by Crippen LogP contribution is -2.37. The van der Waals surface area contributed by atoms with Gasteiger partial charge in [-0.2, -0.15) is 0 Å². The number of amides is 1. The van der Waals surface area contributed by atoms with Gasteiger partial charge < -0.3 is 15.7 Å². The van der Waals surface area contributed by atoms with Gasteiger partial charge in [0.1, 0.15) is 11.4 Å². The normalized spacial score (nSPS) is 14.6. The van der Waals surface area contributed by atoms with Gasteiger partial charge in [0.15, 0.2) is 5.13 Å². The van der Waals surface area contributed by atoms with Gasteiger partial charge in [0.05, 0.1) is 5.69 Å². The number of anilines is 1. The smallest absolute Gasteiger partial charge is 0.323 e. The summed E-state index contributed by atoms with van der Waals surface area (Å²) in [4.78, 5) is 28.7. The van der Waals surface area contributed by atoms with E-state index in [4.69, 9.17) is 10.8 Å². The topological polar surface area (TPSA) is 96.5 Å². The van der Waals surface area contributed by atoms with Crippen LogP contribution in [0.15, 0.2) is 0 Å². The molecule has 2 rings (SSSR count). The summed E-state index contributed by atoms with van der Waals surface area (Å²) >= 11 is 1.11. The first-order valence-corrected chi connectivity index (χ1v) is 6.06. The molecule has 1 amide bonds. The number of carboxylic acid groups (broad SMARTS) is 1. The molecule has 92 valence electrons. The average Bonchev–Trinajstić information content (AvgIpc) is 3.00. The molecule has 1 heterocycles. The lowest BCUT2D eigenvalue weighted by molar-refractivity contribution is -0.137. The van der Waals surface area contributed by atoms with E-state index in [0.717, 1.165) is 24.2 Å². The number of thiazole rings is 1. The van der Waals surface area contributed by atoms with Crippen LogP contribution in [0.4, 0.5) is 5.13 Å². The second-order valence-electron chi connectivity index (χ2n) is 4.02. The first-order chi connectivity index (χ1) is 7.99. The summed E-state index contributed by atoms with van der Waals surface area (Å²) in [6.45, 7) is 1.44. The van der Waals surface area contributed by atoms with Crippen LogP contribution in [0.1, 0.15) is 28.2 Å². The molecule has 0 bridgehead atoms.